The van der Waals surface area contributed by atoms with Gasteiger partial charge in [-0.3, -0.25) is 4.79 Å². The van der Waals surface area contributed by atoms with Gasteiger partial charge in [0.25, 0.3) is 0 Å². The normalized spacial score (nSPS) is 23.0. The van der Waals surface area contributed by atoms with E-state index in [9.17, 15) is 9.59 Å². The molecular formula is C21H30O4. The fraction of sp³-hybridized carbons (Fsp3) is 0.619. The zero-order chi connectivity index (χ0) is 18.8. The van der Waals surface area contributed by atoms with Crippen LogP contribution in [-0.4, -0.2) is 23.5 Å². The summed E-state index contributed by atoms with van der Waals surface area (Å²) >= 11 is 0. The molecule has 138 valence electrons. The van der Waals surface area contributed by atoms with E-state index in [4.69, 9.17) is 9.47 Å². The second-order valence-corrected chi connectivity index (χ2v) is 8.63. The lowest BCUT2D eigenvalue weighted by Gasteiger charge is -2.39. The highest BCUT2D eigenvalue weighted by atomic mass is 16.6. The molecule has 2 atom stereocenters. The van der Waals surface area contributed by atoms with Crippen molar-refractivity contribution in [1.29, 1.82) is 0 Å². The lowest BCUT2D eigenvalue weighted by Crippen LogP contribution is -2.43. The van der Waals surface area contributed by atoms with E-state index in [-0.39, 0.29) is 23.3 Å². The van der Waals surface area contributed by atoms with E-state index in [1.54, 1.807) is 38.1 Å². The fourth-order valence-electron chi connectivity index (χ4n) is 3.74. The van der Waals surface area contributed by atoms with E-state index in [0.29, 0.717) is 17.2 Å². The number of benzene rings is 1. The Morgan fingerprint density at radius 1 is 1.12 bits per heavy atom. The summed E-state index contributed by atoms with van der Waals surface area (Å²) in [5.41, 5.74) is -0.273. The molecule has 1 aromatic rings. The first-order chi connectivity index (χ1) is 11.5. The predicted molar refractivity (Wildman–Crippen MR) is 97.8 cm³/mol. The predicted octanol–water partition coefficient (Wildman–Crippen LogP) is 4.80. The van der Waals surface area contributed by atoms with E-state index < -0.39 is 5.60 Å². The molecule has 0 heterocycles. The monoisotopic (exact) mass is 346 g/mol. The van der Waals surface area contributed by atoms with Crippen LogP contribution in [0.15, 0.2) is 24.3 Å². The first-order valence-corrected chi connectivity index (χ1v) is 9.00. The summed E-state index contributed by atoms with van der Waals surface area (Å²) < 4.78 is 11.6. The molecule has 4 nitrogen and oxygen atoms in total. The van der Waals surface area contributed by atoms with Crippen LogP contribution in [-0.2, 0) is 9.53 Å². The van der Waals surface area contributed by atoms with Crippen molar-refractivity contribution in [3.63, 3.8) is 0 Å². The van der Waals surface area contributed by atoms with Gasteiger partial charge in [0.15, 0.2) is 11.4 Å². The molecule has 0 bridgehead atoms. The highest BCUT2D eigenvalue weighted by Gasteiger charge is 2.38. The molecule has 1 aliphatic carbocycles. The summed E-state index contributed by atoms with van der Waals surface area (Å²) in [5.74, 6) is 0.742. The van der Waals surface area contributed by atoms with Gasteiger partial charge in [-0.05, 0) is 75.6 Å². The molecule has 1 saturated carbocycles. The molecular weight excluding hydrogens is 316 g/mol. The van der Waals surface area contributed by atoms with Gasteiger partial charge in [0, 0.05) is 5.56 Å². The Bertz CT molecular complexity index is 628. The number of hydrogen-bond acceptors (Lipinski definition) is 4. The molecule has 0 radical (unpaired) electrons. The molecule has 0 saturated heterocycles. The minimum atomic E-state index is -1.08. The molecule has 1 aromatic carbocycles. The maximum Gasteiger partial charge on any atom is 0.350 e. The number of rotatable bonds is 5. The number of carbonyl (C=O) groups excluding carboxylic acids is 2. The van der Waals surface area contributed by atoms with E-state index in [0.717, 1.165) is 19.3 Å². The van der Waals surface area contributed by atoms with Gasteiger partial charge in [-0.1, -0.05) is 20.8 Å². The summed E-state index contributed by atoms with van der Waals surface area (Å²) in [6, 6.07) is 6.81. The first-order valence-electron chi connectivity index (χ1n) is 9.00. The highest BCUT2D eigenvalue weighted by molar-refractivity contribution is 5.94. The molecule has 1 fully saturated rings. The van der Waals surface area contributed by atoms with Crippen LogP contribution in [0.2, 0.25) is 0 Å². The molecule has 0 N–H and O–H groups in total. The van der Waals surface area contributed by atoms with Crippen molar-refractivity contribution >= 4 is 11.8 Å². The average Bonchev–Trinajstić information content (AvgIpc) is 2.45. The van der Waals surface area contributed by atoms with E-state index in [1.807, 2.05) is 0 Å². The molecule has 1 aliphatic rings. The van der Waals surface area contributed by atoms with Gasteiger partial charge in [-0.15, -0.1) is 0 Å². The fourth-order valence-corrected chi connectivity index (χ4v) is 3.74. The minimum Gasteiger partial charge on any atom is -0.476 e. The van der Waals surface area contributed by atoms with Crippen molar-refractivity contribution < 1.29 is 19.1 Å². The first kappa shape index (κ1) is 19.5. The molecule has 25 heavy (non-hydrogen) atoms. The lowest BCUT2D eigenvalue weighted by molar-refractivity contribution is -0.169. The smallest absolute Gasteiger partial charge is 0.350 e. The summed E-state index contributed by atoms with van der Waals surface area (Å²) in [5, 5.41) is 0. The van der Waals surface area contributed by atoms with E-state index in [1.165, 1.54) is 6.92 Å². The van der Waals surface area contributed by atoms with Crippen molar-refractivity contribution in [2.24, 2.45) is 11.3 Å². The van der Waals surface area contributed by atoms with Gasteiger partial charge in [-0.25, -0.2) is 4.79 Å². The Kier molecular flexibility index (Phi) is 5.60. The average molecular weight is 346 g/mol. The van der Waals surface area contributed by atoms with Crippen LogP contribution >= 0.6 is 0 Å². The Morgan fingerprint density at radius 2 is 1.72 bits per heavy atom. The van der Waals surface area contributed by atoms with Crippen LogP contribution in [0, 0.1) is 11.3 Å². The zero-order valence-electron chi connectivity index (χ0n) is 16.2. The van der Waals surface area contributed by atoms with Gasteiger partial charge in [-0.2, -0.15) is 0 Å². The van der Waals surface area contributed by atoms with Gasteiger partial charge in [0.05, 0.1) is 0 Å². The van der Waals surface area contributed by atoms with Crippen LogP contribution in [0.5, 0.6) is 5.75 Å². The molecule has 0 aromatic heterocycles. The van der Waals surface area contributed by atoms with E-state index in [2.05, 4.69) is 20.8 Å². The van der Waals surface area contributed by atoms with Crippen molar-refractivity contribution in [2.75, 3.05) is 0 Å². The third-order valence-corrected chi connectivity index (χ3v) is 4.75. The third-order valence-electron chi connectivity index (χ3n) is 4.75. The molecule has 0 aliphatic heterocycles. The molecule has 2 rings (SSSR count). The van der Waals surface area contributed by atoms with Crippen LogP contribution in [0.1, 0.15) is 71.2 Å². The van der Waals surface area contributed by atoms with Gasteiger partial charge >= 0.3 is 5.97 Å². The van der Waals surface area contributed by atoms with Crippen LogP contribution in [0.4, 0.5) is 0 Å². The maximum absolute atomic E-state index is 12.6. The number of ketones is 1. The van der Waals surface area contributed by atoms with Crippen molar-refractivity contribution in [3.05, 3.63) is 29.8 Å². The summed E-state index contributed by atoms with van der Waals surface area (Å²) in [4.78, 5) is 24.0. The summed E-state index contributed by atoms with van der Waals surface area (Å²) in [6.45, 7) is 11.6. The highest BCUT2D eigenvalue weighted by Crippen LogP contribution is 2.40. The van der Waals surface area contributed by atoms with Crippen molar-refractivity contribution in [3.8, 4) is 5.75 Å². The second-order valence-electron chi connectivity index (χ2n) is 8.63. The standard InChI is InChI=1S/C21H30O4/c1-14-11-18(13-20(3,4)12-14)24-19(23)21(5,6)25-17-9-7-16(8-10-17)15(2)22/h7-10,14,18H,11-13H2,1-6H3/t14-,18+/m1/s1. The SMILES string of the molecule is CC(=O)c1ccc(OC(C)(C)C(=O)O[C@H]2C[C@@H](C)CC(C)(C)C2)cc1. The Labute approximate surface area is 150 Å². The number of esters is 1. The topological polar surface area (TPSA) is 52.6 Å². The summed E-state index contributed by atoms with van der Waals surface area (Å²) in [7, 11) is 0. The van der Waals surface area contributed by atoms with Gasteiger partial charge < -0.3 is 9.47 Å². The number of carbonyl (C=O) groups is 2. The number of Topliss-reactive ketones (excluding diaryl/α,β-unsaturated/α-hetero) is 1. The van der Waals surface area contributed by atoms with Crippen LogP contribution in [0.25, 0.3) is 0 Å². The zero-order valence-corrected chi connectivity index (χ0v) is 16.2. The van der Waals surface area contributed by atoms with Crippen molar-refractivity contribution in [2.45, 2.75) is 72.5 Å². The second kappa shape index (κ2) is 7.19. The largest absolute Gasteiger partial charge is 0.476 e. The van der Waals surface area contributed by atoms with Crippen LogP contribution < -0.4 is 4.74 Å². The van der Waals surface area contributed by atoms with Gasteiger partial charge in [0.2, 0.25) is 0 Å². The van der Waals surface area contributed by atoms with E-state index >= 15 is 0 Å². The third kappa shape index (κ3) is 5.32. The Morgan fingerprint density at radius 3 is 2.24 bits per heavy atom. The van der Waals surface area contributed by atoms with Gasteiger partial charge in [0.1, 0.15) is 11.9 Å². The Balaban J connectivity index is 2.00. The summed E-state index contributed by atoms with van der Waals surface area (Å²) in [6.07, 6.45) is 2.88. The van der Waals surface area contributed by atoms with Crippen LogP contribution in [0.3, 0.4) is 0 Å². The minimum absolute atomic E-state index is 0.000692. The van der Waals surface area contributed by atoms with Crippen molar-refractivity contribution in [1.82, 2.24) is 0 Å². The quantitative estimate of drug-likeness (QED) is 0.567. The molecule has 0 amide bonds. The molecule has 0 spiro atoms. The Hall–Kier alpha value is -1.84. The maximum atomic E-state index is 12.6. The number of ether oxygens (including phenoxy) is 2. The molecule has 0 unspecified atom stereocenters. The molecule has 4 heteroatoms. The number of hydrogen-bond donors (Lipinski definition) is 0. The lowest BCUT2D eigenvalue weighted by atomic mass is 9.71.